The smallest absolute Gasteiger partial charge is 0.244 e. The maximum atomic E-state index is 16.6. The molecule has 2 aromatic heterocycles. The van der Waals surface area contributed by atoms with E-state index in [-0.39, 0.29) is 18.8 Å². The Labute approximate surface area is 355 Å². The lowest BCUT2D eigenvalue weighted by Gasteiger charge is -2.42. The predicted octanol–water partition coefficient (Wildman–Crippen LogP) is 7.54. The summed E-state index contributed by atoms with van der Waals surface area (Å²) < 4.78 is 23.1. The lowest BCUT2D eigenvalue weighted by atomic mass is 9.33. The average Bonchev–Trinajstić information content (AvgIpc) is 3.68. The van der Waals surface area contributed by atoms with E-state index in [2.05, 4.69) is 189 Å². The molecule has 13 rings (SSSR count). The molecule has 0 spiro atoms. The van der Waals surface area contributed by atoms with Gasteiger partial charge in [-0.3, -0.25) is 4.98 Å². The molecule has 0 bridgehead atoms. The second kappa shape index (κ2) is 12.6. The van der Waals surface area contributed by atoms with Gasteiger partial charge in [-0.2, -0.15) is 0 Å². The van der Waals surface area contributed by atoms with Gasteiger partial charge < -0.3 is 13.9 Å². The van der Waals surface area contributed by atoms with Crippen LogP contribution in [-0.2, 0) is 9.98 Å². The largest absolute Gasteiger partial charge is 0.456 e. The van der Waals surface area contributed by atoms with Crippen molar-refractivity contribution in [1.29, 1.82) is 0 Å². The number of aromatic nitrogens is 1. The maximum Gasteiger partial charge on any atom is 0.244 e. The minimum Gasteiger partial charge on any atom is -0.456 e. The van der Waals surface area contributed by atoms with Crippen LogP contribution in [0.1, 0.15) is 25.0 Å². The minimum absolute atomic E-state index is 0.138. The second-order valence-corrected chi connectivity index (χ2v) is 19.9. The third-order valence-corrected chi connectivity index (χ3v) is 17.2. The SMILES string of the molecule is CC1(C)c2ccccc2N(c2ccc(B3c4ccccc4P4(=O)c5ccccc5B(c5ccc6c(c5)oc5ccccc56)c5cccc3c54)c3cccnc23)c2ccccc21. The van der Waals surface area contributed by atoms with Crippen LogP contribution in [-0.4, -0.2) is 18.4 Å². The van der Waals surface area contributed by atoms with Crippen molar-refractivity contribution >= 4 is 119 Å². The van der Waals surface area contributed by atoms with Crippen molar-refractivity contribution < 1.29 is 8.98 Å². The van der Waals surface area contributed by atoms with Crippen molar-refractivity contribution in [2.24, 2.45) is 0 Å². The Balaban J connectivity index is 1.05. The molecule has 5 heterocycles. The number of anilines is 3. The second-order valence-electron chi connectivity index (χ2n) is 17.3. The Bertz CT molecular complexity index is 3510. The highest BCUT2D eigenvalue weighted by Crippen LogP contribution is 2.52. The first-order valence-corrected chi connectivity index (χ1v) is 22.8. The van der Waals surface area contributed by atoms with E-state index >= 15 is 4.57 Å². The summed E-state index contributed by atoms with van der Waals surface area (Å²) in [6.07, 6.45) is 1.91. The van der Waals surface area contributed by atoms with Gasteiger partial charge in [0.25, 0.3) is 0 Å². The van der Waals surface area contributed by atoms with Gasteiger partial charge in [-0.15, -0.1) is 0 Å². The van der Waals surface area contributed by atoms with Crippen molar-refractivity contribution in [1.82, 2.24) is 4.98 Å². The van der Waals surface area contributed by atoms with Gasteiger partial charge in [-0.1, -0.05) is 192 Å². The van der Waals surface area contributed by atoms with Gasteiger partial charge in [0, 0.05) is 38.3 Å². The molecule has 3 aliphatic heterocycles. The molecule has 0 saturated carbocycles. The first kappa shape index (κ1) is 34.9. The third kappa shape index (κ3) is 4.63. The van der Waals surface area contributed by atoms with Crippen molar-refractivity contribution in [2.45, 2.75) is 19.3 Å². The van der Waals surface area contributed by atoms with Gasteiger partial charge in [0.1, 0.15) is 11.2 Å². The van der Waals surface area contributed by atoms with E-state index in [1.807, 2.05) is 18.3 Å². The molecule has 1 unspecified atom stereocenters. The molecule has 4 nitrogen and oxygen atoms in total. The minimum atomic E-state index is -3.33. The van der Waals surface area contributed by atoms with E-state index in [9.17, 15) is 0 Å². The summed E-state index contributed by atoms with van der Waals surface area (Å²) in [7, 11) is -3.33. The molecule has 0 radical (unpaired) electrons. The van der Waals surface area contributed by atoms with Crippen LogP contribution in [0.2, 0.25) is 0 Å². The van der Waals surface area contributed by atoms with Gasteiger partial charge >= 0.3 is 0 Å². The van der Waals surface area contributed by atoms with E-state index in [0.29, 0.717) is 0 Å². The summed E-state index contributed by atoms with van der Waals surface area (Å²) >= 11 is 0. The fourth-order valence-electron chi connectivity index (χ4n) is 11.3. The summed E-state index contributed by atoms with van der Waals surface area (Å²) in [5.74, 6) is 0. The summed E-state index contributed by atoms with van der Waals surface area (Å²) in [6.45, 7) is 4.32. The number of pyridine rings is 1. The molecule has 7 heteroatoms. The number of hydrogen-bond donors (Lipinski definition) is 0. The fourth-order valence-corrected chi connectivity index (χ4v) is 14.9. The number of fused-ring (bicyclic) bond motifs is 10. The Kier molecular flexibility index (Phi) is 7.21. The van der Waals surface area contributed by atoms with E-state index in [4.69, 9.17) is 9.40 Å². The lowest BCUT2D eigenvalue weighted by Crippen LogP contribution is -2.74. The first-order valence-electron chi connectivity index (χ1n) is 21.1. The molecule has 3 aliphatic rings. The lowest BCUT2D eigenvalue weighted by molar-refractivity contribution is 0.592. The van der Waals surface area contributed by atoms with Crippen molar-refractivity contribution in [2.75, 3.05) is 4.90 Å². The van der Waals surface area contributed by atoms with Crippen LogP contribution in [0.25, 0.3) is 32.8 Å². The number of benzene rings is 8. The standard InChI is InChI=1S/C54H37B2N2O2P/c1-54(2)38-17-4-8-23-45(38)58(46-24-9-5-18-39(46)54)47-31-30-40(37-16-14-32-57-52(37)47)56-42-20-7-12-27-51(42)61(59)50-26-11-6-19-41(50)55(43-21-13-22-44(56)53(43)61)34-28-29-36-35-15-3-10-25-48(35)60-49(36)33-34/h3-33H,1-2H3. The highest BCUT2D eigenvalue weighted by molar-refractivity contribution is 7.88. The summed E-state index contributed by atoms with van der Waals surface area (Å²) in [6, 6.07) is 64.8. The summed E-state index contributed by atoms with van der Waals surface area (Å²) in [5, 5.41) is 6.09. The van der Waals surface area contributed by atoms with Crippen LogP contribution in [0.4, 0.5) is 17.1 Å². The Morgan fingerprint density at radius 3 is 1.85 bits per heavy atom. The number of rotatable bonds is 3. The number of nitrogens with zero attached hydrogens (tertiary/aromatic N) is 2. The Morgan fingerprint density at radius 1 is 0.508 bits per heavy atom. The predicted molar refractivity (Wildman–Crippen MR) is 257 cm³/mol. The topological polar surface area (TPSA) is 46.3 Å². The molecule has 0 amide bonds. The molecule has 0 N–H and O–H groups in total. The van der Waals surface area contributed by atoms with Crippen molar-refractivity contribution in [3.63, 3.8) is 0 Å². The van der Waals surface area contributed by atoms with E-state index in [1.54, 1.807) is 0 Å². The highest BCUT2D eigenvalue weighted by Gasteiger charge is 2.51. The number of hydrogen-bond acceptors (Lipinski definition) is 4. The molecule has 0 aliphatic carbocycles. The number of para-hydroxylation sites is 3. The van der Waals surface area contributed by atoms with Gasteiger partial charge in [-0.05, 0) is 52.9 Å². The van der Waals surface area contributed by atoms with Gasteiger partial charge in [0.05, 0.1) is 22.6 Å². The normalized spacial score (nSPS) is 16.9. The van der Waals surface area contributed by atoms with Crippen molar-refractivity contribution in [3.8, 4) is 0 Å². The van der Waals surface area contributed by atoms with Crippen LogP contribution in [0, 0.1) is 0 Å². The third-order valence-electron chi connectivity index (χ3n) is 13.9. The van der Waals surface area contributed by atoms with Crippen molar-refractivity contribution in [3.05, 3.63) is 199 Å². The molecule has 10 aromatic rings. The quantitative estimate of drug-likeness (QED) is 0.137. The zero-order chi connectivity index (χ0) is 40.6. The van der Waals surface area contributed by atoms with Crippen LogP contribution >= 0.6 is 7.14 Å². The van der Waals surface area contributed by atoms with Crippen LogP contribution < -0.4 is 53.6 Å². The Morgan fingerprint density at radius 2 is 1.10 bits per heavy atom. The monoisotopic (exact) mass is 798 g/mol. The molecular formula is C54H37B2N2O2P. The van der Waals surface area contributed by atoms with E-state index < -0.39 is 7.14 Å². The summed E-state index contributed by atoms with van der Waals surface area (Å²) in [5.41, 5.74) is 15.1. The zero-order valence-electron chi connectivity index (χ0n) is 33.7. The first-order chi connectivity index (χ1) is 29.9. The summed E-state index contributed by atoms with van der Waals surface area (Å²) in [4.78, 5) is 7.60. The molecule has 0 fully saturated rings. The zero-order valence-corrected chi connectivity index (χ0v) is 34.6. The maximum absolute atomic E-state index is 16.6. The van der Waals surface area contributed by atoms with Gasteiger partial charge in [0.2, 0.25) is 13.4 Å². The molecule has 61 heavy (non-hydrogen) atoms. The van der Waals surface area contributed by atoms with Gasteiger partial charge in [0.15, 0.2) is 7.14 Å². The van der Waals surface area contributed by atoms with Crippen LogP contribution in [0.15, 0.2) is 193 Å². The average molecular weight is 798 g/mol. The fraction of sp³-hybridized carbons (Fsp3) is 0.0556. The van der Waals surface area contributed by atoms with Crippen LogP contribution in [0.3, 0.4) is 0 Å². The number of furan rings is 1. The molecule has 8 aromatic carbocycles. The molecule has 1 atom stereocenters. The van der Waals surface area contributed by atoms with E-state index in [1.165, 1.54) is 11.1 Å². The molecular weight excluding hydrogens is 761 g/mol. The Hall–Kier alpha value is -6.87. The molecule has 286 valence electrons. The van der Waals surface area contributed by atoms with Crippen LogP contribution in [0.5, 0.6) is 0 Å². The molecule has 0 saturated heterocycles. The highest BCUT2D eigenvalue weighted by atomic mass is 31.2. The van der Waals surface area contributed by atoms with E-state index in [0.717, 1.165) is 98.6 Å². The van der Waals surface area contributed by atoms with Gasteiger partial charge in [-0.25, -0.2) is 0 Å².